The Morgan fingerprint density at radius 2 is 1.96 bits per heavy atom. The Balaban J connectivity index is 1.35. The van der Waals surface area contributed by atoms with Gasteiger partial charge in [-0.2, -0.15) is 0 Å². The number of hydrogen-bond acceptors (Lipinski definition) is 5. The van der Waals surface area contributed by atoms with E-state index in [2.05, 4.69) is 48.3 Å². The van der Waals surface area contributed by atoms with Crippen LogP contribution >= 0.6 is 11.3 Å². The number of anilines is 1. The van der Waals surface area contributed by atoms with Crippen LogP contribution in [0.1, 0.15) is 5.69 Å². The molecule has 0 aromatic carbocycles. The Kier molecular flexibility index (Phi) is 4.08. The molecule has 6 heteroatoms. The van der Waals surface area contributed by atoms with Crippen molar-refractivity contribution in [2.45, 2.75) is 6.54 Å². The fraction of sp³-hybridized carbons (Fsp3) is 0.294. The minimum absolute atomic E-state index is 0.925. The lowest BCUT2D eigenvalue weighted by Gasteiger charge is -2.35. The lowest BCUT2D eigenvalue weighted by molar-refractivity contribution is 0.247. The lowest BCUT2D eigenvalue weighted by Crippen LogP contribution is -2.46. The second-order valence-electron chi connectivity index (χ2n) is 5.69. The number of pyridine rings is 1. The molecule has 0 amide bonds. The molecule has 1 saturated heterocycles. The Labute approximate surface area is 139 Å². The number of rotatable bonds is 4. The zero-order valence-electron chi connectivity index (χ0n) is 12.9. The first kappa shape index (κ1) is 14.4. The van der Waals surface area contributed by atoms with E-state index in [0.717, 1.165) is 44.4 Å². The highest BCUT2D eigenvalue weighted by Crippen LogP contribution is 2.22. The highest BCUT2D eigenvalue weighted by atomic mass is 32.1. The maximum Gasteiger partial charge on any atom is 0.147 e. The second-order valence-corrected chi connectivity index (χ2v) is 6.63. The molecule has 0 spiro atoms. The van der Waals surface area contributed by atoms with Gasteiger partial charge in [-0.25, -0.2) is 9.97 Å². The van der Waals surface area contributed by atoms with Crippen LogP contribution in [0.25, 0.3) is 10.7 Å². The van der Waals surface area contributed by atoms with Crippen LogP contribution in [0.5, 0.6) is 0 Å². The molecule has 3 aromatic heterocycles. The van der Waals surface area contributed by atoms with Gasteiger partial charge in [0.2, 0.25) is 0 Å². The molecule has 0 radical (unpaired) electrons. The van der Waals surface area contributed by atoms with Crippen LogP contribution in [-0.4, -0.2) is 46.0 Å². The van der Waals surface area contributed by atoms with E-state index in [1.165, 1.54) is 10.6 Å². The summed E-state index contributed by atoms with van der Waals surface area (Å²) in [5, 5.41) is 2.08. The fourth-order valence-corrected chi connectivity index (χ4v) is 3.57. The summed E-state index contributed by atoms with van der Waals surface area (Å²) in [6.45, 7) is 5.05. The summed E-state index contributed by atoms with van der Waals surface area (Å²) in [4.78, 5) is 18.4. The van der Waals surface area contributed by atoms with E-state index in [1.807, 2.05) is 24.5 Å². The van der Waals surface area contributed by atoms with E-state index in [-0.39, 0.29) is 0 Å². The zero-order chi connectivity index (χ0) is 15.5. The number of nitrogens with one attached hydrogen (secondary N) is 1. The third-order valence-electron chi connectivity index (χ3n) is 4.12. The molecule has 1 aliphatic rings. The average Bonchev–Trinajstić information content (AvgIpc) is 3.28. The molecule has 4 rings (SSSR count). The molecule has 118 valence electrons. The second kappa shape index (κ2) is 6.52. The van der Waals surface area contributed by atoms with Gasteiger partial charge in [-0.3, -0.25) is 4.90 Å². The van der Waals surface area contributed by atoms with Crippen LogP contribution in [0.2, 0.25) is 0 Å². The predicted molar refractivity (Wildman–Crippen MR) is 93.6 cm³/mol. The van der Waals surface area contributed by atoms with E-state index in [9.17, 15) is 0 Å². The molecule has 4 heterocycles. The van der Waals surface area contributed by atoms with Crippen molar-refractivity contribution in [1.82, 2.24) is 19.9 Å². The monoisotopic (exact) mass is 325 g/mol. The molecule has 1 N–H and O–H groups in total. The fourth-order valence-electron chi connectivity index (χ4n) is 2.89. The lowest BCUT2D eigenvalue weighted by atomic mass is 10.3. The molecule has 0 atom stereocenters. The van der Waals surface area contributed by atoms with Gasteiger partial charge in [0, 0.05) is 50.8 Å². The molecular formula is C17H19N5S. The van der Waals surface area contributed by atoms with Crippen LogP contribution in [0.3, 0.4) is 0 Å². The highest BCUT2D eigenvalue weighted by Gasteiger charge is 2.18. The summed E-state index contributed by atoms with van der Waals surface area (Å²) in [5.41, 5.74) is 1.18. The molecule has 23 heavy (non-hydrogen) atoms. The first-order chi connectivity index (χ1) is 11.4. The number of imidazole rings is 1. The summed E-state index contributed by atoms with van der Waals surface area (Å²) in [6, 6.07) is 10.2. The van der Waals surface area contributed by atoms with Gasteiger partial charge < -0.3 is 9.88 Å². The van der Waals surface area contributed by atoms with Gasteiger partial charge in [-0.05, 0) is 23.6 Å². The Morgan fingerprint density at radius 3 is 2.70 bits per heavy atom. The first-order valence-corrected chi connectivity index (χ1v) is 8.72. The van der Waals surface area contributed by atoms with Crippen LogP contribution in [0, 0.1) is 0 Å². The minimum Gasteiger partial charge on any atom is -0.354 e. The zero-order valence-corrected chi connectivity index (χ0v) is 13.7. The Bertz CT molecular complexity index is 729. The molecule has 3 aromatic rings. The van der Waals surface area contributed by atoms with Crippen molar-refractivity contribution < 1.29 is 0 Å². The average molecular weight is 325 g/mol. The summed E-state index contributed by atoms with van der Waals surface area (Å²) in [7, 11) is 0. The summed E-state index contributed by atoms with van der Waals surface area (Å²) < 4.78 is 0. The van der Waals surface area contributed by atoms with Crippen molar-refractivity contribution in [3.05, 3.63) is 53.8 Å². The smallest absolute Gasteiger partial charge is 0.147 e. The van der Waals surface area contributed by atoms with Crippen LogP contribution in [0.4, 0.5) is 5.82 Å². The molecule has 1 aliphatic heterocycles. The van der Waals surface area contributed by atoms with Gasteiger partial charge >= 0.3 is 0 Å². The molecule has 5 nitrogen and oxygen atoms in total. The predicted octanol–water partition coefficient (Wildman–Crippen LogP) is 2.86. The normalized spacial score (nSPS) is 15.9. The summed E-state index contributed by atoms with van der Waals surface area (Å²) >= 11 is 1.71. The van der Waals surface area contributed by atoms with Crippen molar-refractivity contribution in [2.24, 2.45) is 0 Å². The van der Waals surface area contributed by atoms with Gasteiger partial charge in [-0.15, -0.1) is 11.3 Å². The van der Waals surface area contributed by atoms with E-state index in [1.54, 1.807) is 11.3 Å². The Hall–Kier alpha value is -2.18. The third kappa shape index (κ3) is 3.28. The number of H-pyrrole nitrogens is 1. The van der Waals surface area contributed by atoms with Crippen molar-refractivity contribution in [3.63, 3.8) is 0 Å². The molecule has 0 aliphatic carbocycles. The third-order valence-corrected chi connectivity index (χ3v) is 5.00. The van der Waals surface area contributed by atoms with E-state index in [0.29, 0.717) is 0 Å². The number of aromatic amines is 1. The van der Waals surface area contributed by atoms with Crippen LogP contribution in [-0.2, 0) is 6.54 Å². The van der Waals surface area contributed by atoms with Crippen LogP contribution in [0.15, 0.2) is 48.1 Å². The van der Waals surface area contributed by atoms with Crippen molar-refractivity contribution >= 4 is 17.2 Å². The standard InChI is InChI=1S/C17H19N5S/c1-2-6-18-16(5-1)22-9-7-21(8-10-22)13-14-12-19-17(20-14)15-4-3-11-23-15/h1-6,11-12H,7-10,13H2,(H,19,20). The highest BCUT2D eigenvalue weighted by molar-refractivity contribution is 7.13. The van der Waals surface area contributed by atoms with Crippen molar-refractivity contribution in [3.8, 4) is 10.7 Å². The van der Waals surface area contributed by atoms with Gasteiger partial charge in [0.25, 0.3) is 0 Å². The molecular weight excluding hydrogens is 306 g/mol. The number of thiophene rings is 1. The topological polar surface area (TPSA) is 48.0 Å². The number of hydrogen-bond donors (Lipinski definition) is 1. The molecule has 0 unspecified atom stereocenters. The largest absolute Gasteiger partial charge is 0.354 e. The quantitative estimate of drug-likeness (QED) is 0.801. The molecule has 1 fully saturated rings. The van der Waals surface area contributed by atoms with E-state index < -0.39 is 0 Å². The Morgan fingerprint density at radius 1 is 1.04 bits per heavy atom. The van der Waals surface area contributed by atoms with Gasteiger partial charge in [-0.1, -0.05) is 12.1 Å². The summed E-state index contributed by atoms with van der Waals surface area (Å²) in [6.07, 6.45) is 3.82. The van der Waals surface area contributed by atoms with Crippen molar-refractivity contribution in [2.75, 3.05) is 31.1 Å². The first-order valence-electron chi connectivity index (χ1n) is 7.84. The van der Waals surface area contributed by atoms with E-state index in [4.69, 9.17) is 0 Å². The van der Waals surface area contributed by atoms with Gasteiger partial charge in [0.1, 0.15) is 11.6 Å². The summed E-state index contributed by atoms with van der Waals surface area (Å²) in [5.74, 6) is 2.05. The molecule has 0 saturated carbocycles. The minimum atomic E-state index is 0.925. The maximum atomic E-state index is 4.49. The maximum absolute atomic E-state index is 4.49. The number of aromatic nitrogens is 3. The SMILES string of the molecule is c1ccc(N2CCN(Cc3cnc(-c4cccs4)[nH]3)CC2)nc1. The van der Waals surface area contributed by atoms with Gasteiger partial charge in [0.05, 0.1) is 4.88 Å². The number of piperazine rings is 1. The van der Waals surface area contributed by atoms with Crippen LogP contribution < -0.4 is 4.90 Å². The van der Waals surface area contributed by atoms with Gasteiger partial charge in [0.15, 0.2) is 0 Å². The van der Waals surface area contributed by atoms with Crippen molar-refractivity contribution in [1.29, 1.82) is 0 Å². The van der Waals surface area contributed by atoms with E-state index >= 15 is 0 Å². The molecule has 0 bridgehead atoms. The number of nitrogens with zero attached hydrogens (tertiary/aromatic N) is 4.